The minimum Gasteiger partial charge on any atom is -0.450 e. The molecule has 11 nitrogen and oxygen atoms in total. The molecule has 0 radical (unpaired) electrons. The molecule has 3 heterocycles. The van der Waals surface area contributed by atoms with Crippen molar-refractivity contribution < 1.29 is 32.3 Å². The fourth-order valence-electron chi connectivity index (χ4n) is 5.29. The van der Waals surface area contributed by atoms with Crippen molar-refractivity contribution in [3.05, 3.63) is 59.2 Å². The van der Waals surface area contributed by atoms with Crippen LogP contribution in [0.2, 0.25) is 0 Å². The Balaban J connectivity index is 1.25. The van der Waals surface area contributed by atoms with Gasteiger partial charge in [0.15, 0.2) is 0 Å². The quantitative estimate of drug-likeness (QED) is 0.580. The van der Waals surface area contributed by atoms with Crippen LogP contribution in [0, 0.1) is 0 Å². The van der Waals surface area contributed by atoms with E-state index >= 15 is 0 Å². The SMILES string of the molecule is CCOC(=O)N1CCC(N2Cc3cccc(C(=O)Nc4ccc(S(=O)(=O)N5CCOCC5)cc4)c3C2=O)CC1. The predicted octanol–water partition coefficient (Wildman–Crippen LogP) is 2.54. The largest absolute Gasteiger partial charge is 0.450 e. The maximum Gasteiger partial charge on any atom is 0.409 e. The minimum absolute atomic E-state index is 0.0348. The molecule has 0 atom stereocenters. The fourth-order valence-corrected chi connectivity index (χ4v) is 6.70. The zero-order chi connectivity index (χ0) is 27.6. The van der Waals surface area contributed by atoms with Crippen molar-refractivity contribution in [1.82, 2.24) is 14.1 Å². The lowest BCUT2D eigenvalue weighted by Gasteiger charge is -2.36. The van der Waals surface area contributed by atoms with Crippen LogP contribution < -0.4 is 5.32 Å². The van der Waals surface area contributed by atoms with Crippen LogP contribution in [-0.2, 0) is 26.0 Å². The van der Waals surface area contributed by atoms with Gasteiger partial charge < -0.3 is 24.6 Å². The molecule has 3 aliphatic heterocycles. The van der Waals surface area contributed by atoms with Crippen LogP contribution in [0.3, 0.4) is 0 Å². The molecule has 3 amide bonds. The third-order valence-corrected chi connectivity index (χ3v) is 9.27. The second kappa shape index (κ2) is 11.3. The summed E-state index contributed by atoms with van der Waals surface area (Å²) >= 11 is 0. The highest BCUT2D eigenvalue weighted by molar-refractivity contribution is 7.89. The van der Waals surface area contributed by atoms with Crippen LogP contribution in [-0.4, -0.2) is 92.5 Å². The Hall–Kier alpha value is -3.48. The van der Waals surface area contributed by atoms with Gasteiger partial charge in [-0.25, -0.2) is 13.2 Å². The number of hydrogen-bond donors (Lipinski definition) is 1. The summed E-state index contributed by atoms with van der Waals surface area (Å²) in [5.74, 6) is -0.639. The predicted molar refractivity (Wildman–Crippen MR) is 142 cm³/mol. The van der Waals surface area contributed by atoms with Gasteiger partial charge in [-0.1, -0.05) is 12.1 Å². The van der Waals surface area contributed by atoms with Crippen LogP contribution >= 0.6 is 0 Å². The summed E-state index contributed by atoms with van der Waals surface area (Å²) in [4.78, 5) is 42.3. The number of ether oxygens (including phenoxy) is 2. The summed E-state index contributed by atoms with van der Waals surface area (Å²) in [6.45, 7) is 4.84. The number of carbonyl (C=O) groups is 3. The number of fused-ring (bicyclic) bond motifs is 1. The molecule has 0 aromatic heterocycles. The smallest absolute Gasteiger partial charge is 0.409 e. The molecule has 1 N–H and O–H groups in total. The number of nitrogens with one attached hydrogen (secondary N) is 1. The van der Waals surface area contributed by atoms with Crippen LogP contribution in [0.5, 0.6) is 0 Å². The van der Waals surface area contributed by atoms with Gasteiger partial charge in [0.1, 0.15) is 0 Å². The molecule has 0 aliphatic carbocycles. The number of hydrogen-bond acceptors (Lipinski definition) is 7. The Morgan fingerprint density at radius 3 is 2.38 bits per heavy atom. The molecule has 0 unspecified atom stereocenters. The number of benzene rings is 2. The van der Waals surface area contributed by atoms with Crippen LogP contribution in [0.25, 0.3) is 0 Å². The van der Waals surface area contributed by atoms with Crippen molar-refractivity contribution in [3.8, 4) is 0 Å². The maximum atomic E-state index is 13.5. The fraction of sp³-hybridized carbons (Fsp3) is 0.444. The van der Waals surface area contributed by atoms with E-state index in [0.717, 1.165) is 5.56 Å². The molecule has 2 aromatic carbocycles. The lowest BCUT2D eigenvalue weighted by Crippen LogP contribution is -2.47. The average Bonchev–Trinajstić information content (AvgIpc) is 3.30. The van der Waals surface area contributed by atoms with E-state index in [1.807, 2.05) is 6.07 Å². The number of amides is 3. The van der Waals surface area contributed by atoms with E-state index < -0.39 is 15.9 Å². The molecule has 0 spiro atoms. The molecule has 39 heavy (non-hydrogen) atoms. The van der Waals surface area contributed by atoms with Gasteiger partial charge in [-0.2, -0.15) is 4.31 Å². The summed E-state index contributed by atoms with van der Waals surface area (Å²) in [6.07, 6.45) is 0.942. The van der Waals surface area contributed by atoms with Crippen molar-refractivity contribution in [2.24, 2.45) is 0 Å². The van der Waals surface area contributed by atoms with E-state index in [2.05, 4.69) is 5.32 Å². The van der Waals surface area contributed by atoms with Gasteiger partial charge >= 0.3 is 6.09 Å². The maximum absolute atomic E-state index is 13.5. The molecular weight excluding hydrogens is 524 g/mol. The Kier molecular flexibility index (Phi) is 7.87. The Morgan fingerprint density at radius 1 is 1.03 bits per heavy atom. The Morgan fingerprint density at radius 2 is 1.72 bits per heavy atom. The molecule has 208 valence electrons. The first kappa shape index (κ1) is 27.1. The van der Waals surface area contributed by atoms with E-state index in [-0.39, 0.29) is 28.5 Å². The Labute approximate surface area is 227 Å². The second-order valence-electron chi connectivity index (χ2n) is 9.68. The van der Waals surface area contributed by atoms with E-state index in [1.165, 1.54) is 16.4 Å². The normalized spacial score (nSPS) is 18.6. The summed E-state index contributed by atoms with van der Waals surface area (Å²) in [5, 5.41) is 2.80. The van der Waals surface area contributed by atoms with Crippen molar-refractivity contribution in [3.63, 3.8) is 0 Å². The van der Waals surface area contributed by atoms with Crippen molar-refractivity contribution >= 4 is 33.6 Å². The zero-order valence-electron chi connectivity index (χ0n) is 21.8. The second-order valence-corrected chi connectivity index (χ2v) is 11.6. The number of sulfonamides is 1. The molecule has 2 fully saturated rings. The van der Waals surface area contributed by atoms with Gasteiger partial charge in [0.25, 0.3) is 11.8 Å². The minimum atomic E-state index is -3.64. The van der Waals surface area contributed by atoms with Gasteiger partial charge in [-0.15, -0.1) is 0 Å². The van der Waals surface area contributed by atoms with Crippen molar-refractivity contribution in [1.29, 1.82) is 0 Å². The van der Waals surface area contributed by atoms with Gasteiger partial charge in [-0.05, 0) is 55.7 Å². The molecule has 2 saturated heterocycles. The standard InChI is InChI=1S/C27H32N4O7S/c1-2-38-27(34)29-12-10-21(11-13-29)31-18-19-4-3-5-23(24(19)26(31)33)25(32)28-20-6-8-22(9-7-20)39(35,36)30-14-16-37-17-15-30/h3-9,21H,2,10-18H2,1H3,(H,28,32). The highest BCUT2D eigenvalue weighted by Crippen LogP contribution is 2.31. The third kappa shape index (κ3) is 5.49. The van der Waals surface area contributed by atoms with Crippen LogP contribution in [0.4, 0.5) is 10.5 Å². The third-order valence-electron chi connectivity index (χ3n) is 7.36. The lowest BCUT2D eigenvalue weighted by molar-refractivity contribution is 0.0556. The van der Waals surface area contributed by atoms with E-state index in [4.69, 9.17) is 9.47 Å². The number of anilines is 1. The average molecular weight is 557 g/mol. The highest BCUT2D eigenvalue weighted by Gasteiger charge is 2.37. The van der Waals surface area contributed by atoms with E-state index in [1.54, 1.807) is 41.0 Å². The first-order valence-corrected chi connectivity index (χ1v) is 14.6. The van der Waals surface area contributed by atoms with Gasteiger partial charge in [-0.3, -0.25) is 9.59 Å². The van der Waals surface area contributed by atoms with Gasteiger partial charge in [0.05, 0.1) is 35.8 Å². The monoisotopic (exact) mass is 556 g/mol. The summed E-state index contributed by atoms with van der Waals surface area (Å²) < 4.78 is 37.4. The molecule has 2 aromatic rings. The summed E-state index contributed by atoms with van der Waals surface area (Å²) in [7, 11) is -3.64. The molecule has 0 saturated carbocycles. The van der Waals surface area contributed by atoms with Crippen molar-refractivity contribution in [2.75, 3.05) is 51.3 Å². The molecule has 0 bridgehead atoms. The number of rotatable bonds is 6. The topological polar surface area (TPSA) is 126 Å². The highest BCUT2D eigenvalue weighted by atomic mass is 32.2. The van der Waals surface area contributed by atoms with Gasteiger partial charge in [0, 0.05) is 44.5 Å². The molecule has 3 aliphatic rings. The molecular formula is C27H32N4O7S. The number of piperidine rings is 1. The summed E-state index contributed by atoms with van der Waals surface area (Å²) in [5.41, 5.74) is 1.86. The Bertz CT molecular complexity index is 1350. The molecule has 12 heteroatoms. The number of nitrogens with zero attached hydrogens (tertiary/aromatic N) is 3. The lowest BCUT2D eigenvalue weighted by atomic mass is 10.0. The van der Waals surface area contributed by atoms with Crippen LogP contribution in [0.15, 0.2) is 47.4 Å². The number of morpholine rings is 1. The number of carbonyl (C=O) groups excluding carboxylic acids is 3. The van der Waals surface area contributed by atoms with Gasteiger partial charge in [0.2, 0.25) is 10.0 Å². The zero-order valence-corrected chi connectivity index (χ0v) is 22.6. The van der Waals surface area contributed by atoms with E-state index in [9.17, 15) is 22.8 Å². The summed E-state index contributed by atoms with van der Waals surface area (Å²) in [6, 6.07) is 11.2. The van der Waals surface area contributed by atoms with Crippen LogP contribution in [0.1, 0.15) is 46.0 Å². The first-order chi connectivity index (χ1) is 18.8. The van der Waals surface area contributed by atoms with E-state index in [0.29, 0.717) is 76.6 Å². The number of likely N-dealkylation sites (tertiary alicyclic amines) is 1. The first-order valence-electron chi connectivity index (χ1n) is 13.1. The molecule has 5 rings (SSSR count). The van der Waals surface area contributed by atoms with Crippen molar-refractivity contribution in [2.45, 2.75) is 37.2 Å².